The normalized spacial score (nSPS) is 13.9. The molecule has 0 aromatic heterocycles. The van der Waals surface area contributed by atoms with Gasteiger partial charge in [0.1, 0.15) is 6.54 Å². The lowest BCUT2D eigenvalue weighted by Gasteiger charge is -2.29. The van der Waals surface area contributed by atoms with Gasteiger partial charge in [-0.1, -0.05) is 23.7 Å². The molecule has 2 aliphatic rings. The number of nitrogens with one attached hydrogen (secondary N) is 2. The number of carbonyl (C=O) groups is 3. The Labute approximate surface area is 187 Å². The van der Waals surface area contributed by atoms with Gasteiger partial charge in [-0.25, -0.2) is 0 Å². The Kier molecular flexibility index (Phi) is 4.91. The van der Waals surface area contributed by atoms with Gasteiger partial charge in [0.25, 0.3) is 11.8 Å². The fourth-order valence-electron chi connectivity index (χ4n) is 3.57. The Morgan fingerprint density at radius 1 is 1.00 bits per heavy atom. The predicted octanol–water partition coefficient (Wildman–Crippen LogP) is 3.92. The van der Waals surface area contributed by atoms with Crippen LogP contribution in [-0.4, -0.2) is 31.1 Å². The van der Waals surface area contributed by atoms with Crippen molar-refractivity contribution in [2.75, 3.05) is 28.9 Å². The molecule has 0 bridgehead atoms. The molecular formula is C23H16ClN3O5. The average molecular weight is 450 g/mol. The fraction of sp³-hybridized carbons (Fsp3) is 0.0870. The highest BCUT2D eigenvalue weighted by atomic mass is 35.5. The van der Waals surface area contributed by atoms with Crippen LogP contribution >= 0.6 is 11.6 Å². The molecule has 0 saturated heterocycles. The number of anilines is 3. The van der Waals surface area contributed by atoms with Crippen molar-refractivity contribution in [3.8, 4) is 11.5 Å². The quantitative estimate of drug-likeness (QED) is 0.631. The van der Waals surface area contributed by atoms with Crippen molar-refractivity contribution in [3.05, 3.63) is 76.8 Å². The minimum absolute atomic E-state index is 0.0543. The maximum absolute atomic E-state index is 13.0. The molecule has 0 saturated carbocycles. The smallest absolute Gasteiger partial charge is 0.258 e. The lowest BCUT2D eigenvalue weighted by atomic mass is 10.1. The third-order valence-electron chi connectivity index (χ3n) is 5.09. The second-order valence-electron chi connectivity index (χ2n) is 7.18. The van der Waals surface area contributed by atoms with Crippen molar-refractivity contribution in [1.82, 2.24) is 0 Å². The van der Waals surface area contributed by atoms with Gasteiger partial charge in [-0.05, 0) is 48.5 Å². The molecule has 5 rings (SSSR count). The second kappa shape index (κ2) is 7.90. The van der Waals surface area contributed by atoms with E-state index in [4.69, 9.17) is 21.1 Å². The number of hydrogen-bond acceptors (Lipinski definition) is 5. The molecule has 160 valence electrons. The van der Waals surface area contributed by atoms with Crippen LogP contribution in [0, 0.1) is 0 Å². The first-order valence-corrected chi connectivity index (χ1v) is 10.1. The summed E-state index contributed by atoms with van der Waals surface area (Å²) in [6.07, 6.45) is 0. The van der Waals surface area contributed by atoms with E-state index in [0.29, 0.717) is 39.7 Å². The van der Waals surface area contributed by atoms with Crippen LogP contribution in [0.1, 0.15) is 20.7 Å². The zero-order valence-electron chi connectivity index (χ0n) is 16.6. The third kappa shape index (κ3) is 3.61. The van der Waals surface area contributed by atoms with Crippen molar-refractivity contribution in [2.24, 2.45) is 0 Å². The molecule has 2 N–H and O–H groups in total. The van der Waals surface area contributed by atoms with Gasteiger partial charge in [-0.2, -0.15) is 0 Å². The van der Waals surface area contributed by atoms with Crippen LogP contribution < -0.4 is 25.0 Å². The van der Waals surface area contributed by atoms with Crippen molar-refractivity contribution in [1.29, 1.82) is 0 Å². The number of amides is 3. The second-order valence-corrected chi connectivity index (χ2v) is 7.59. The van der Waals surface area contributed by atoms with Gasteiger partial charge < -0.3 is 20.1 Å². The molecule has 0 atom stereocenters. The van der Waals surface area contributed by atoms with E-state index in [-0.39, 0.29) is 36.1 Å². The standard InChI is InChI=1S/C23H16ClN3O5/c24-16-9-14(10-19-21(16)32-12-31-19)22(29)25-15-7-5-13(6-8-15)23(30)27-11-20(28)26-17-3-1-2-4-18(17)27/h1-10H,11-12H2,(H,25,29)(H,26,28). The number of rotatable bonds is 3. The molecule has 0 fully saturated rings. The first kappa shape index (κ1) is 19.9. The minimum Gasteiger partial charge on any atom is -0.454 e. The summed E-state index contributed by atoms with van der Waals surface area (Å²) < 4.78 is 10.5. The Bertz CT molecular complexity index is 1260. The molecule has 3 aromatic carbocycles. The van der Waals surface area contributed by atoms with Gasteiger partial charge in [0.15, 0.2) is 11.5 Å². The number of benzene rings is 3. The third-order valence-corrected chi connectivity index (χ3v) is 5.38. The van der Waals surface area contributed by atoms with E-state index in [1.54, 1.807) is 54.6 Å². The summed E-state index contributed by atoms with van der Waals surface area (Å²) in [5, 5.41) is 5.81. The van der Waals surface area contributed by atoms with Crippen molar-refractivity contribution in [2.45, 2.75) is 0 Å². The topological polar surface area (TPSA) is 97.0 Å². The van der Waals surface area contributed by atoms with Gasteiger partial charge in [-0.15, -0.1) is 0 Å². The molecule has 0 aliphatic carbocycles. The number of carbonyl (C=O) groups excluding carboxylic acids is 3. The zero-order valence-corrected chi connectivity index (χ0v) is 17.3. The van der Waals surface area contributed by atoms with Gasteiger partial charge in [0.05, 0.1) is 16.4 Å². The van der Waals surface area contributed by atoms with E-state index in [2.05, 4.69) is 10.6 Å². The summed E-state index contributed by atoms with van der Waals surface area (Å²) in [4.78, 5) is 39.1. The number of hydrogen-bond donors (Lipinski definition) is 2. The highest BCUT2D eigenvalue weighted by Crippen LogP contribution is 2.40. The van der Waals surface area contributed by atoms with Crippen LogP contribution in [0.4, 0.5) is 17.1 Å². The zero-order chi connectivity index (χ0) is 22.2. The number of nitrogens with zero attached hydrogens (tertiary/aromatic N) is 1. The number of fused-ring (bicyclic) bond motifs is 2. The first-order chi connectivity index (χ1) is 15.5. The lowest BCUT2D eigenvalue weighted by Crippen LogP contribution is -2.42. The molecule has 9 heteroatoms. The van der Waals surface area contributed by atoms with Crippen LogP contribution in [0.15, 0.2) is 60.7 Å². The average Bonchev–Trinajstić information content (AvgIpc) is 3.28. The van der Waals surface area contributed by atoms with Crippen molar-refractivity contribution < 1.29 is 23.9 Å². The first-order valence-electron chi connectivity index (χ1n) is 9.71. The maximum Gasteiger partial charge on any atom is 0.258 e. The predicted molar refractivity (Wildman–Crippen MR) is 119 cm³/mol. The molecule has 3 amide bonds. The molecule has 2 aliphatic heterocycles. The summed E-state index contributed by atoms with van der Waals surface area (Å²) in [6, 6.07) is 16.6. The lowest BCUT2D eigenvalue weighted by molar-refractivity contribution is -0.115. The van der Waals surface area contributed by atoms with Crippen LogP contribution in [-0.2, 0) is 4.79 Å². The van der Waals surface area contributed by atoms with Crippen LogP contribution in [0.5, 0.6) is 11.5 Å². The summed E-state index contributed by atoms with van der Waals surface area (Å²) in [5.41, 5.74) is 2.42. The van der Waals surface area contributed by atoms with Gasteiger partial charge in [0, 0.05) is 16.8 Å². The largest absolute Gasteiger partial charge is 0.454 e. The summed E-state index contributed by atoms with van der Waals surface area (Å²) in [7, 11) is 0. The molecule has 0 radical (unpaired) electrons. The highest BCUT2D eigenvalue weighted by molar-refractivity contribution is 6.33. The van der Waals surface area contributed by atoms with E-state index >= 15 is 0 Å². The van der Waals surface area contributed by atoms with Gasteiger partial charge in [-0.3, -0.25) is 19.3 Å². The van der Waals surface area contributed by atoms with E-state index in [9.17, 15) is 14.4 Å². The molecule has 3 aromatic rings. The monoisotopic (exact) mass is 449 g/mol. The summed E-state index contributed by atoms with van der Waals surface area (Å²) in [5.74, 6) is -0.129. The number of ether oxygens (including phenoxy) is 2. The van der Waals surface area contributed by atoms with E-state index in [1.165, 1.54) is 11.0 Å². The van der Waals surface area contributed by atoms with Crippen molar-refractivity contribution in [3.63, 3.8) is 0 Å². The van der Waals surface area contributed by atoms with Crippen LogP contribution in [0.25, 0.3) is 0 Å². The fourth-order valence-corrected chi connectivity index (χ4v) is 3.83. The van der Waals surface area contributed by atoms with E-state index in [0.717, 1.165) is 0 Å². The Morgan fingerprint density at radius 3 is 2.59 bits per heavy atom. The molecule has 0 unspecified atom stereocenters. The van der Waals surface area contributed by atoms with E-state index < -0.39 is 0 Å². The van der Waals surface area contributed by atoms with Gasteiger partial charge >= 0.3 is 0 Å². The highest BCUT2D eigenvalue weighted by Gasteiger charge is 2.27. The maximum atomic E-state index is 13.0. The van der Waals surface area contributed by atoms with Gasteiger partial charge in [0.2, 0.25) is 12.7 Å². The molecule has 2 heterocycles. The molecular weight excluding hydrogens is 434 g/mol. The van der Waals surface area contributed by atoms with E-state index in [1.807, 2.05) is 0 Å². The van der Waals surface area contributed by atoms with Crippen LogP contribution in [0.2, 0.25) is 5.02 Å². The van der Waals surface area contributed by atoms with Crippen LogP contribution in [0.3, 0.4) is 0 Å². The Balaban J connectivity index is 1.33. The summed E-state index contributed by atoms with van der Waals surface area (Å²) >= 11 is 6.14. The Morgan fingerprint density at radius 2 is 1.78 bits per heavy atom. The Hall–Kier alpha value is -4.04. The molecule has 32 heavy (non-hydrogen) atoms. The number of para-hydroxylation sites is 2. The molecule has 8 nitrogen and oxygen atoms in total. The summed E-state index contributed by atoms with van der Waals surface area (Å²) in [6.45, 7) is -0.0159. The van der Waals surface area contributed by atoms with Crippen molar-refractivity contribution >= 4 is 46.4 Å². The SMILES string of the molecule is O=C1CN(C(=O)c2ccc(NC(=O)c3cc(Cl)c4c(c3)OCO4)cc2)c2ccccc2N1. The number of halogens is 1. The molecule has 0 spiro atoms. The minimum atomic E-state index is -0.383.